The molecule has 4 aromatic rings. The van der Waals surface area contributed by atoms with E-state index in [0.29, 0.717) is 34.2 Å². The first kappa shape index (κ1) is 23.7. The molecule has 0 aliphatic heterocycles. The van der Waals surface area contributed by atoms with Crippen LogP contribution in [0.2, 0.25) is 0 Å². The molecule has 4 rings (SSSR count). The van der Waals surface area contributed by atoms with Crippen molar-refractivity contribution in [1.82, 2.24) is 9.97 Å². The van der Waals surface area contributed by atoms with Crippen molar-refractivity contribution in [3.63, 3.8) is 0 Å². The lowest BCUT2D eigenvalue weighted by atomic mass is 9.97. The maximum absolute atomic E-state index is 14.0. The Labute approximate surface area is 200 Å². The largest absolute Gasteiger partial charge is 0.398 e. The normalized spacial score (nSPS) is 11.8. The molecule has 0 bridgehead atoms. The molecule has 176 valence electrons. The molecule has 0 radical (unpaired) electrons. The van der Waals surface area contributed by atoms with E-state index in [1.807, 2.05) is 0 Å². The zero-order valence-electron chi connectivity index (χ0n) is 18.2. The molecule has 2 heterocycles. The molecule has 0 aliphatic rings. The van der Waals surface area contributed by atoms with Gasteiger partial charge in [-0.15, -0.1) is 0 Å². The summed E-state index contributed by atoms with van der Waals surface area (Å²) in [6, 6.07) is 12.6. The summed E-state index contributed by atoms with van der Waals surface area (Å²) in [5.41, 5.74) is 10.1. The van der Waals surface area contributed by atoms with Crippen molar-refractivity contribution in [2.75, 3.05) is 10.5 Å². The summed E-state index contributed by atoms with van der Waals surface area (Å²) in [7, 11) is -4.32. The van der Waals surface area contributed by atoms with Gasteiger partial charge in [0.1, 0.15) is 16.5 Å². The molecule has 10 heteroatoms. The Kier molecular flexibility index (Phi) is 6.65. The molecule has 0 amide bonds. The first-order chi connectivity index (χ1) is 16.8. The van der Waals surface area contributed by atoms with E-state index in [2.05, 4.69) is 26.3 Å². The summed E-state index contributed by atoms with van der Waals surface area (Å²) >= 11 is 0. The molecule has 2 aromatic heterocycles. The number of rotatable bonds is 7. The van der Waals surface area contributed by atoms with E-state index in [1.54, 1.807) is 48.9 Å². The summed E-state index contributed by atoms with van der Waals surface area (Å²) in [6.45, 7) is 3.68. The SMILES string of the molecule is C=CN=C(c1ccncc1)c1cc(-c2cncc(NS(=O)(=O)c3ccc(F)cc3F)c2)ccc1N. The highest BCUT2D eigenvalue weighted by molar-refractivity contribution is 7.92. The maximum Gasteiger partial charge on any atom is 0.264 e. The molecule has 0 aliphatic carbocycles. The third-order valence-electron chi connectivity index (χ3n) is 4.99. The number of hydrogen-bond donors (Lipinski definition) is 2. The van der Waals surface area contributed by atoms with Crippen LogP contribution in [0.4, 0.5) is 20.2 Å². The lowest BCUT2D eigenvalue weighted by molar-refractivity contribution is 0.551. The van der Waals surface area contributed by atoms with Crippen molar-refractivity contribution >= 4 is 27.1 Å². The van der Waals surface area contributed by atoms with E-state index in [4.69, 9.17) is 5.73 Å². The predicted octanol–water partition coefficient (Wildman–Crippen LogP) is 4.79. The lowest BCUT2D eigenvalue weighted by Crippen LogP contribution is -2.15. The highest BCUT2D eigenvalue weighted by atomic mass is 32.2. The fourth-order valence-corrected chi connectivity index (χ4v) is 4.49. The van der Waals surface area contributed by atoms with Gasteiger partial charge in [0, 0.05) is 53.2 Å². The smallest absolute Gasteiger partial charge is 0.264 e. The first-order valence-electron chi connectivity index (χ1n) is 10.2. The molecule has 0 unspecified atom stereocenters. The summed E-state index contributed by atoms with van der Waals surface area (Å²) in [6.07, 6.45) is 7.51. The second kappa shape index (κ2) is 9.82. The number of pyridine rings is 2. The number of hydrogen-bond acceptors (Lipinski definition) is 6. The number of sulfonamides is 1. The molecule has 35 heavy (non-hydrogen) atoms. The Morgan fingerprint density at radius 1 is 0.971 bits per heavy atom. The van der Waals surface area contributed by atoms with Crippen LogP contribution < -0.4 is 10.5 Å². The van der Waals surface area contributed by atoms with Gasteiger partial charge in [0.25, 0.3) is 10.0 Å². The van der Waals surface area contributed by atoms with Gasteiger partial charge in [0.05, 0.1) is 17.6 Å². The van der Waals surface area contributed by atoms with Crippen molar-refractivity contribution in [3.05, 3.63) is 115 Å². The Morgan fingerprint density at radius 3 is 2.46 bits per heavy atom. The van der Waals surface area contributed by atoms with Crippen LogP contribution in [-0.4, -0.2) is 24.1 Å². The van der Waals surface area contributed by atoms with Crippen LogP contribution in [0.15, 0.2) is 102 Å². The van der Waals surface area contributed by atoms with Gasteiger partial charge in [-0.3, -0.25) is 19.7 Å². The number of aliphatic imine (C=N–C) groups is 1. The Balaban J connectivity index is 1.71. The van der Waals surface area contributed by atoms with Gasteiger partial charge >= 0.3 is 0 Å². The Morgan fingerprint density at radius 2 is 1.74 bits per heavy atom. The van der Waals surface area contributed by atoms with E-state index < -0.39 is 26.6 Å². The monoisotopic (exact) mass is 491 g/mol. The zero-order valence-corrected chi connectivity index (χ0v) is 19.0. The van der Waals surface area contributed by atoms with Gasteiger partial charge in [0.2, 0.25) is 0 Å². The van der Waals surface area contributed by atoms with Gasteiger partial charge in [-0.2, -0.15) is 0 Å². The Bertz CT molecular complexity index is 1540. The fourth-order valence-electron chi connectivity index (χ4n) is 3.40. The minimum atomic E-state index is -4.32. The van der Waals surface area contributed by atoms with Gasteiger partial charge in [0.15, 0.2) is 0 Å². The number of benzene rings is 2. The molecule has 0 fully saturated rings. The third kappa shape index (κ3) is 5.22. The van der Waals surface area contributed by atoms with E-state index in [0.717, 1.165) is 17.7 Å². The molecule has 0 saturated carbocycles. The highest BCUT2D eigenvalue weighted by Crippen LogP contribution is 2.28. The second-order valence-corrected chi connectivity index (χ2v) is 8.99. The Hall–Kier alpha value is -4.44. The first-order valence-corrected chi connectivity index (χ1v) is 11.7. The van der Waals surface area contributed by atoms with E-state index >= 15 is 0 Å². The van der Waals surface area contributed by atoms with Crippen LogP contribution in [0.3, 0.4) is 0 Å². The van der Waals surface area contributed by atoms with Crippen LogP contribution in [-0.2, 0) is 10.0 Å². The standard InChI is InChI=1S/C25H19F2N5O2S/c1-2-31-25(16-7-9-29-10-8-16)21-12-17(3-5-23(21)28)18-11-20(15-30-14-18)32-35(33,34)24-6-4-19(26)13-22(24)27/h2-15,32H,1,28H2. The minimum Gasteiger partial charge on any atom is -0.398 e. The van der Waals surface area contributed by atoms with Crippen molar-refractivity contribution in [2.45, 2.75) is 4.90 Å². The predicted molar refractivity (Wildman–Crippen MR) is 131 cm³/mol. The van der Waals surface area contributed by atoms with Crippen LogP contribution >= 0.6 is 0 Å². The van der Waals surface area contributed by atoms with Gasteiger partial charge in [-0.05, 0) is 48.0 Å². The maximum atomic E-state index is 14.0. The lowest BCUT2D eigenvalue weighted by Gasteiger charge is -2.13. The topological polar surface area (TPSA) is 110 Å². The average Bonchev–Trinajstić information content (AvgIpc) is 2.83. The number of aromatic nitrogens is 2. The fraction of sp³-hybridized carbons (Fsp3) is 0. The number of halogens is 2. The number of anilines is 2. The van der Waals surface area contributed by atoms with Gasteiger partial charge < -0.3 is 5.73 Å². The average molecular weight is 492 g/mol. The van der Waals surface area contributed by atoms with Crippen LogP contribution in [0.25, 0.3) is 11.1 Å². The second-order valence-electron chi connectivity index (χ2n) is 7.34. The van der Waals surface area contributed by atoms with Gasteiger partial charge in [-0.1, -0.05) is 12.6 Å². The van der Waals surface area contributed by atoms with E-state index in [9.17, 15) is 17.2 Å². The molecule has 0 spiro atoms. The summed E-state index contributed by atoms with van der Waals surface area (Å²) in [4.78, 5) is 11.8. The van der Waals surface area contributed by atoms with Crippen LogP contribution in [0.5, 0.6) is 0 Å². The van der Waals surface area contributed by atoms with Crippen LogP contribution in [0, 0.1) is 11.6 Å². The van der Waals surface area contributed by atoms with E-state index in [1.165, 1.54) is 18.5 Å². The van der Waals surface area contributed by atoms with E-state index in [-0.39, 0.29) is 5.69 Å². The minimum absolute atomic E-state index is 0.0960. The van der Waals surface area contributed by atoms with Crippen molar-refractivity contribution in [1.29, 1.82) is 0 Å². The van der Waals surface area contributed by atoms with Gasteiger partial charge in [-0.25, -0.2) is 17.2 Å². The van der Waals surface area contributed by atoms with Crippen LogP contribution in [0.1, 0.15) is 11.1 Å². The highest BCUT2D eigenvalue weighted by Gasteiger charge is 2.20. The molecule has 3 N–H and O–H groups in total. The number of nitrogens with one attached hydrogen (secondary N) is 1. The summed E-state index contributed by atoms with van der Waals surface area (Å²) < 4.78 is 54.8. The molecular formula is C25H19F2N5O2S. The molecule has 7 nitrogen and oxygen atoms in total. The molecule has 2 aromatic carbocycles. The quantitative estimate of drug-likeness (QED) is 0.285. The zero-order chi connectivity index (χ0) is 25.0. The number of nitrogens with zero attached hydrogens (tertiary/aromatic N) is 3. The number of nitrogen functional groups attached to an aromatic ring is 1. The number of nitrogens with two attached hydrogens (primary N) is 1. The third-order valence-corrected chi connectivity index (χ3v) is 6.40. The van der Waals surface area contributed by atoms with Crippen molar-refractivity contribution in [3.8, 4) is 11.1 Å². The summed E-state index contributed by atoms with van der Waals surface area (Å²) in [5.74, 6) is -2.08. The molecule has 0 atom stereocenters. The molecule has 0 saturated heterocycles. The van der Waals surface area contributed by atoms with Crippen molar-refractivity contribution in [2.24, 2.45) is 4.99 Å². The molecular weight excluding hydrogens is 472 g/mol. The van der Waals surface area contributed by atoms with Crippen molar-refractivity contribution < 1.29 is 17.2 Å². The summed E-state index contributed by atoms with van der Waals surface area (Å²) in [5, 5.41) is 0.